The number of hydrogen-bond acceptors (Lipinski definition) is 5. The van der Waals surface area contributed by atoms with Crippen LogP contribution in [-0.4, -0.2) is 35.3 Å². The molecule has 0 aliphatic heterocycles. The number of aryl methyl sites for hydroxylation is 1. The van der Waals surface area contributed by atoms with E-state index in [1.54, 1.807) is 0 Å². The van der Waals surface area contributed by atoms with Crippen molar-refractivity contribution in [3.05, 3.63) is 11.9 Å². The van der Waals surface area contributed by atoms with Gasteiger partial charge < -0.3 is 15.7 Å². The van der Waals surface area contributed by atoms with Gasteiger partial charge in [-0.1, -0.05) is 6.92 Å². The second kappa shape index (κ2) is 7.00. The molecule has 90 valence electrons. The highest BCUT2D eigenvalue weighted by Gasteiger charge is 2.01. The molecular weight excluding hydrogens is 204 g/mol. The Morgan fingerprint density at radius 1 is 1.25 bits per heavy atom. The summed E-state index contributed by atoms with van der Waals surface area (Å²) in [6, 6.07) is 1.89. The lowest BCUT2D eigenvalue weighted by Gasteiger charge is -2.08. The summed E-state index contributed by atoms with van der Waals surface area (Å²) in [7, 11) is 1.84. The minimum atomic E-state index is 0.243. The van der Waals surface area contributed by atoms with E-state index in [4.69, 9.17) is 5.11 Å². The Balaban J connectivity index is 2.57. The molecule has 0 amide bonds. The van der Waals surface area contributed by atoms with Crippen LogP contribution in [0, 0.1) is 0 Å². The first-order valence-corrected chi connectivity index (χ1v) is 5.70. The fourth-order valence-corrected chi connectivity index (χ4v) is 1.33. The third-order valence-electron chi connectivity index (χ3n) is 2.24. The molecule has 1 aromatic heterocycles. The Labute approximate surface area is 96.3 Å². The smallest absolute Gasteiger partial charge is 0.132 e. The maximum absolute atomic E-state index is 8.66. The van der Waals surface area contributed by atoms with Crippen molar-refractivity contribution in [1.29, 1.82) is 0 Å². The predicted octanol–water partition coefficient (Wildman–Crippen LogP) is 1.27. The molecule has 5 heteroatoms. The first kappa shape index (κ1) is 12.7. The Kier molecular flexibility index (Phi) is 5.56. The summed E-state index contributed by atoms with van der Waals surface area (Å²) >= 11 is 0. The Morgan fingerprint density at radius 2 is 2.00 bits per heavy atom. The van der Waals surface area contributed by atoms with Crippen LogP contribution in [-0.2, 0) is 6.42 Å². The maximum atomic E-state index is 8.66. The average molecular weight is 224 g/mol. The van der Waals surface area contributed by atoms with Gasteiger partial charge in [-0.05, 0) is 12.8 Å². The highest BCUT2D eigenvalue weighted by Crippen LogP contribution is 2.11. The second-order valence-electron chi connectivity index (χ2n) is 3.52. The van der Waals surface area contributed by atoms with Crippen molar-refractivity contribution in [3.63, 3.8) is 0 Å². The number of unbranched alkanes of at least 4 members (excludes halogenated alkanes) is 1. The summed E-state index contributed by atoms with van der Waals surface area (Å²) < 4.78 is 0. The summed E-state index contributed by atoms with van der Waals surface area (Å²) in [4.78, 5) is 8.69. The average Bonchev–Trinajstić information content (AvgIpc) is 2.34. The van der Waals surface area contributed by atoms with Crippen LogP contribution < -0.4 is 10.6 Å². The van der Waals surface area contributed by atoms with E-state index in [0.717, 1.165) is 43.3 Å². The lowest BCUT2D eigenvalue weighted by molar-refractivity contribution is 0.286. The first-order chi connectivity index (χ1) is 7.80. The van der Waals surface area contributed by atoms with Gasteiger partial charge >= 0.3 is 0 Å². The highest BCUT2D eigenvalue weighted by atomic mass is 16.2. The maximum Gasteiger partial charge on any atom is 0.132 e. The van der Waals surface area contributed by atoms with Gasteiger partial charge in [0.25, 0.3) is 0 Å². The van der Waals surface area contributed by atoms with Gasteiger partial charge in [-0.25, -0.2) is 9.97 Å². The van der Waals surface area contributed by atoms with Crippen molar-refractivity contribution in [2.75, 3.05) is 30.8 Å². The molecule has 1 aromatic rings. The van der Waals surface area contributed by atoms with E-state index in [2.05, 4.69) is 20.6 Å². The fourth-order valence-electron chi connectivity index (χ4n) is 1.33. The normalized spacial score (nSPS) is 10.2. The molecule has 0 unspecified atom stereocenters. The van der Waals surface area contributed by atoms with Gasteiger partial charge in [0.1, 0.15) is 17.5 Å². The summed E-state index contributed by atoms with van der Waals surface area (Å²) in [5, 5.41) is 14.9. The van der Waals surface area contributed by atoms with Crippen LogP contribution >= 0.6 is 0 Å². The molecule has 5 nitrogen and oxygen atoms in total. The minimum Gasteiger partial charge on any atom is -0.396 e. The number of anilines is 2. The van der Waals surface area contributed by atoms with Gasteiger partial charge in [0.05, 0.1) is 0 Å². The summed E-state index contributed by atoms with van der Waals surface area (Å²) in [6.07, 6.45) is 2.58. The lowest BCUT2D eigenvalue weighted by Crippen LogP contribution is -2.07. The molecule has 0 fully saturated rings. The quantitative estimate of drug-likeness (QED) is 0.608. The van der Waals surface area contributed by atoms with E-state index in [0.29, 0.717) is 0 Å². The molecule has 1 heterocycles. The van der Waals surface area contributed by atoms with E-state index >= 15 is 0 Å². The Bertz CT molecular complexity index is 295. The topological polar surface area (TPSA) is 70.1 Å². The van der Waals surface area contributed by atoms with Crippen LogP contribution in [0.5, 0.6) is 0 Å². The largest absolute Gasteiger partial charge is 0.396 e. The van der Waals surface area contributed by atoms with Crippen LogP contribution in [0.1, 0.15) is 25.6 Å². The summed E-state index contributed by atoms with van der Waals surface area (Å²) in [5.74, 6) is 2.50. The van der Waals surface area contributed by atoms with E-state index in [9.17, 15) is 0 Å². The third-order valence-corrected chi connectivity index (χ3v) is 2.24. The van der Waals surface area contributed by atoms with Gasteiger partial charge in [-0.3, -0.25) is 0 Å². The van der Waals surface area contributed by atoms with Crippen molar-refractivity contribution in [1.82, 2.24) is 9.97 Å². The van der Waals surface area contributed by atoms with Crippen molar-refractivity contribution in [2.24, 2.45) is 0 Å². The Hall–Kier alpha value is -1.36. The molecule has 1 rings (SSSR count). The molecule has 0 aliphatic rings. The molecule has 0 saturated heterocycles. The van der Waals surface area contributed by atoms with Gasteiger partial charge in [-0.15, -0.1) is 0 Å². The minimum absolute atomic E-state index is 0.243. The molecule has 0 aromatic carbocycles. The monoisotopic (exact) mass is 224 g/mol. The fraction of sp³-hybridized carbons (Fsp3) is 0.636. The number of hydrogen-bond donors (Lipinski definition) is 3. The van der Waals surface area contributed by atoms with Crippen LogP contribution in [0.25, 0.3) is 0 Å². The van der Waals surface area contributed by atoms with Gasteiger partial charge in [0, 0.05) is 32.7 Å². The predicted molar refractivity (Wildman–Crippen MR) is 65.8 cm³/mol. The van der Waals surface area contributed by atoms with Crippen LogP contribution in [0.4, 0.5) is 11.6 Å². The van der Waals surface area contributed by atoms with Gasteiger partial charge in [0.15, 0.2) is 0 Å². The molecule has 0 atom stereocenters. The SMILES string of the molecule is CCc1nc(NC)cc(NCCCCO)n1. The van der Waals surface area contributed by atoms with E-state index in [1.165, 1.54) is 0 Å². The van der Waals surface area contributed by atoms with Gasteiger partial charge in [0.2, 0.25) is 0 Å². The van der Waals surface area contributed by atoms with Crippen LogP contribution in [0.15, 0.2) is 6.07 Å². The highest BCUT2D eigenvalue weighted by molar-refractivity contribution is 5.47. The summed E-state index contributed by atoms with van der Waals surface area (Å²) in [6.45, 7) is 3.10. The lowest BCUT2D eigenvalue weighted by atomic mass is 10.3. The molecule has 16 heavy (non-hydrogen) atoms. The number of aliphatic hydroxyl groups excluding tert-OH is 1. The van der Waals surface area contributed by atoms with Crippen molar-refractivity contribution >= 4 is 11.6 Å². The number of rotatable bonds is 7. The van der Waals surface area contributed by atoms with Crippen LogP contribution in [0.2, 0.25) is 0 Å². The molecule has 0 bridgehead atoms. The standard InChI is InChI=1S/C11H20N4O/c1-3-9-14-10(12-2)8-11(15-9)13-6-4-5-7-16/h8,16H,3-7H2,1-2H3,(H2,12,13,14,15). The molecule has 0 aliphatic carbocycles. The molecule has 3 N–H and O–H groups in total. The zero-order valence-electron chi connectivity index (χ0n) is 9.95. The van der Waals surface area contributed by atoms with Crippen molar-refractivity contribution in [3.8, 4) is 0 Å². The van der Waals surface area contributed by atoms with E-state index < -0.39 is 0 Å². The molecular formula is C11H20N4O. The number of aromatic nitrogens is 2. The zero-order chi connectivity index (χ0) is 11.8. The van der Waals surface area contributed by atoms with E-state index in [-0.39, 0.29) is 6.61 Å². The zero-order valence-corrected chi connectivity index (χ0v) is 9.95. The first-order valence-electron chi connectivity index (χ1n) is 5.70. The molecule has 0 radical (unpaired) electrons. The van der Waals surface area contributed by atoms with Gasteiger partial charge in [-0.2, -0.15) is 0 Å². The number of nitrogens with one attached hydrogen (secondary N) is 2. The second-order valence-corrected chi connectivity index (χ2v) is 3.52. The third kappa shape index (κ3) is 4.02. The van der Waals surface area contributed by atoms with Crippen molar-refractivity contribution < 1.29 is 5.11 Å². The van der Waals surface area contributed by atoms with Crippen molar-refractivity contribution in [2.45, 2.75) is 26.2 Å². The number of nitrogens with zero attached hydrogens (tertiary/aromatic N) is 2. The number of aliphatic hydroxyl groups is 1. The molecule has 0 spiro atoms. The van der Waals surface area contributed by atoms with E-state index in [1.807, 2.05) is 20.0 Å². The Morgan fingerprint density at radius 3 is 2.62 bits per heavy atom. The molecule has 0 saturated carbocycles. The van der Waals surface area contributed by atoms with Crippen LogP contribution in [0.3, 0.4) is 0 Å². The summed E-state index contributed by atoms with van der Waals surface area (Å²) in [5.41, 5.74) is 0.